The fourth-order valence-corrected chi connectivity index (χ4v) is 3.51. The first-order valence-electron chi connectivity index (χ1n) is 8.79. The lowest BCUT2D eigenvalue weighted by atomic mass is 9.99. The molecule has 1 aliphatic rings. The first-order valence-corrected chi connectivity index (χ1v) is 8.79. The number of ether oxygens (including phenoxy) is 1. The lowest BCUT2D eigenvalue weighted by Crippen LogP contribution is -2.33. The molecule has 26 heavy (non-hydrogen) atoms. The van der Waals surface area contributed by atoms with Crippen LogP contribution in [-0.2, 0) is 11.3 Å². The zero-order valence-electron chi connectivity index (χ0n) is 15.0. The summed E-state index contributed by atoms with van der Waals surface area (Å²) in [4.78, 5) is 31.8. The van der Waals surface area contributed by atoms with E-state index in [1.54, 1.807) is 13.8 Å². The van der Waals surface area contributed by atoms with E-state index in [9.17, 15) is 19.1 Å². The molecular weight excluding hydrogens is 345 g/mol. The average Bonchev–Trinajstić information content (AvgIpc) is 3.03. The van der Waals surface area contributed by atoms with Crippen LogP contribution in [0.5, 0.6) is 0 Å². The van der Waals surface area contributed by atoms with Crippen LogP contribution < -0.4 is 17.0 Å². The molecule has 1 fully saturated rings. The Balaban J connectivity index is 2.21. The molecule has 3 heterocycles. The highest BCUT2D eigenvalue weighted by Crippen LogP contribution is 2.38. The van der Waals surface area contributed by atoms with Gasteiger partial charge in [-0.25, -0.2) is 13.8 Å². The van der Waals surface area contributed by atoms with Crippen LogP contribution in [0.1, 0.15) is 39.8 Å². The van der Waals surface area contributed by atoms with Crippen molar-refractivity contribution in [3.63, 3.8) is 0 Å². The van der Waals surface area contributed by atoms with Crippen molar-refractivity contribution >= 4 is 17.1 Å². The first-order chi connectivity index (χ1) is 12.3. The van der Waals surface area contributed by atoms with E-state index in [0.717, 1.165) is 0 Å². The molecule has 9 nitrogen and oxygen atoms in total. The number of alkyl halides is 1. The third-order valence-corrected chi connectivity index (χ3v) is 4.89. The van der Waals surface area contributed by atoms with E-state index in [0.29, 0.717) is 19.4 Å². The first kappa shape index (κ1) is 18.6. The Kier molecular flexibility index (Phi) is 4.89. The number of hydrogen-bond acceptors (Lipinski definition) is 6. The van der Waals surface area contributed by atoms with Crippen molar-refractivity contribution < 1.29 is 14.2 Å². The van der Waals surface area contributed by atoms with Crippen LogP contribution in [-0.4, -0.2) is 42.6 Å². The molecule has 5 atom stereocenters. The lowest BCUT2D eigenvalue weighted by molar-refractivity contribution is -0.0745. The number of hydrogen-bond donors (Lipinski definition) is 3. The molecule has 4 N–H and O–H groups in total. The van der Waals surface area contributed by atoms with Gasteiger partial charge in [0.25, 0.3) is 5.56 Å². The topological polar surface area (TPSA) is 128 Å². The third-order valence-electron chi connectivity index (χ3n) is 4.89. The standard InChI is InChI=1S/C16H24FN5O4/c1-4-6-21-10-12(19-15(18)20-13(10)24)22(16(21)25)14-7(3)9(17)11(26-14)8(23)5-2/h7-9,11,14,23H,4-6H2,1-3H3,(H3,18,19,20,24)/t7-,8+,9-,11-,14-/m1/s1. The molecule has 0 bridgehead atoms. The Hall–Kier alpha value is -2.20. The Bertz CT molecular complexity index is 920. The second-order valence-electron chi connectivity index (χ2n) is 6.70. The van der Waals surface area contributed by atoms with Gasteiger partial charge in [-0.15, -0.1) is 0 Å². The second-order valence-corrected chi connectivity index (χ2v) is 6.70. The normalized spacial score (nSPS) is 27.3. The van der Waals surface area contributed by atoms with E-state index < -0.39 is 41.8 Å². The second kappa shape index (κ2) is 6.84. The number of anilines is 1. The van der Waals surface area contributed by atoms with Gasteiger partial charge in [-0.1, -0.05) is 20.8 Å². The maximum Gasteiger partial charge on any atom is 0.332 e. The van der Waals surface area contributed by atoms with E-state index >= 15 is 0 Å². The SMILES string of the molecule is CCCn1c(=O)n([C@@H]2O[C@H]([C@@H](O)CC)[C@H](F)[C@H]2C)c2nc(N)[nH]c(=O)c21. The number of nitrogens with zero attached hydrogens (tertiary/aromatic N) is 3. The van der Waals surface area contributed by atoms with Gasteiger partial charge in [0.1, 0.15) is 18.5 Å². The van der Waals surface area contributed by atoms with Crippen molar-refractivity contribution in [1.82, 2.24) is 19.1 Å². The molecule has 0 unspecified atom stereocenters. The summed E-state index contributed by atoms with van der Waals surface area (Å²) in [6, 6.07) is 0. The quantitative estimate of drug-likeness (QED) is 0.705. The van der Waals surface area contributed by atoms with Crippen molar-refractivity contribution in [1.29, 1.82) is 0 Å². The maximum atomic E-state index is 14.7. The van der Waals surface area contributed by atoms with Crippen LogP contribution in [0.25, 0.3) is 11.2 Å². The smallest absolute Gasteiger partial charge is 0.332 e. The van der Waals surface area contributed by atoms with E-state index in [2.05, 4.69) is 9.97 Å². The molecule has 144 valence electrons. The molecule has 0 radical (unpaired) electrons. The van der Waals surface area contributed by atoms with Gasteiger partial charge < -0.3 is 15.6 Å². The highest BCUT2D eigenvalue weighted by Gasteiger charge is 2.47. The number of rotatable bonds is 5. The van der Waals surface area contributed by atoms with E-state index in [1.807, 2.05) is 6.92 Å². The molecule has 3 rings (SSSR count). The number of aromatic amines is 1. The lowest BCUT2D eigenvalue weighted by Gasteiger charge is -2.19. The summed E-state index contributed by atoms with van der Waals surface area (Å²) in [6.45, 7) is 5.50. The molecule has 0 saturated carbocycles. The number of H-pyrrole nitrogens is 1. The van der Waals surface area contributed by atoms with E-state index in [-0.39, 0.29) is 17.1 Å². The van der Waals surface area contributed by atoms with Gasteiger partial charge in [-0.2, -0.15) is 4.98 Å². The number of aliphatic hydroxyl groups excluding tert-OH is 1. The number of fused-ring (bicyclic) bond motifs is 1. The summed E-state index contributed by atoms with van der Waals surface area (Å²) in [5, 5.41) is 10.0. The minimum atomic E-state index is -1.45. The van der Waals surface area contributed by atoms with Crippen LogP contribution in [0.2, 0.25) is 0 Å². The molecular formula is C16H24FN5O4. The van der Waals surface area contributed by atoms with Crippen LogP contribution in [0.3, 0.4) is 0 Å². The van der Waals surface area contributed by atoms with E-state index in [4.69, 9.17) is 10.5 Å². The fourth-order valence-electron chi connectivity index (χ4n) is 3.51. The van der Waals surface area contributed by atoms with Gasteiger partial charge in [0.05, 0.1) is 6.10 Å². The monoisotopic (exact) mass is 369 g/mol. The number of halogens is 1. The Morgan fingerprint density at radius 1 is 1.42 bits per heavy atom. The van der Waals surface area contributed by atoms with Crippen molar-refractivity contribution in [3.8, 4) is 0 Å². The van der Waals surface area contributed by atoms with Crippen molar-refractivity contribution in [3.05, 3.63) is 20.8 Å². The number of nitrogens with one attached hydrogen (secondary N) is 1. The Labute approximate surface area is 148 Å². The van der Waals surface area contributed by atoms with Crippen LogP contribution in [0.4, 0.5) is 10.3 Å². The minimum Gasteiger partial charge on any atom is -0.390 e. The van der Waals surface area contributed by atoms with Gasteiger partial charge in [0.2, 0.25) is 5.95 Å². The fraction of sp³-hybridized carbons (Fsp3) is 0.688. The molecule has 1 saturated heterocycles. The van der Waals surface area contributed by atoms with Gasteiger partial charge in [-0.3, -0.25) is 14.3 Å². The number of nitrogens with two attached hydrogens (primary N) is 1. The highest BCUT2D eigenvalue weighted by atomic mass is 19.1. The van der Waals surface area contributed by atoms with Crippen LogP contribution in [0, 0.1) is 5.92 Å². The molecule has 1 aliphatic heterocycles. The van der Waals surface area contributed by atoms with Crippen molar-refractivity contribution in [2.24, 2.45) is 5.92 Å². The number of aromatic nitrogens is 4. The largest absolute Gasteiger partial charge is 0.390 e. The average molecular weight is 369 g/mol. The van der Waals surface area contributed by atoms with Gasteiger partial charge >= 0.3 is 5.69 Å². The summed E-state index contributed by atoms with van der Waals surface area (Å²) < 4.78 is 22.9. The van der Waals surface area contributed by atoms with Crippen LogP contribution >= 0.6 is 0 Å². The number of imidazole rings is 1. The number of nitrogen functional groups attached to an aromatic ring is 1. The summed E-state index contributed by atoms with van der Waals surface area (Å²) >= 11 is 0. The molecule has 2 aromatic rings. The molecule has 0 aliphatic carbocycles. The number of aliphatic hydroxyl groups is 1. The van der Waals surface area contributed by atoms with Crippen molar-refractivity contribution in [2.75, 3.05) is 5.73 Å². The maximum absolute atomic E-state index is 14.7. The zero-order valence-corrected chi connectivity index (χ0v) is 15.0. The predicted octanol–water partition coefficient (Wildman–Crippen LogP) is 0.521. The Morgan fingerprint density at radius 3 is 2.73 bits per heavy atom. The van der Waals surface area contributed by atoms with Gasteiger partial charge in [-0.05, 0) is 12.8 Å². The number of aryl methyl sites for hydroxylation is 1. The predicted molar refractivity (Wildman–Crippen MR) is 93.6 cm³/mol. The summed E-state index contributed by atoms with van der Waals surface area (Å²) in [5.41, 5.74) is 4.72. The summed E-state index contributed by atoms with van der Waals surface area (Å²) in [7, 11) is 0. The minimum absolute atomic E-state index is 0.0559. The molecule has 0 amide bonds. The highest BCUT2D eigenvalue weighted by molar-refractivity contribution is 5.71. The zero-order chi connectivity index (χ0) is 19.2. The van der Waals surface area contributed by atoms with Crippen LogP contribution in [0.15, 0.2) is 9.59 Å². The third kappa shape index (κ3) is 2.73. The van der Waals surface area contributed by atoms with E-state index in [1.165, 1.54) is 9.13 Å². The molecule has 0 aromatic carbocycles. The van der Waals surface area contributed by atoms with Gasteiger partial charge in [0, 0.05) is 12.5 Å². The summed E-state index contributed by atoms with van der Waals surface area (Å²) in [6.07, 6.45) is -3.53. The molecule has 0 spiro atoms. The Morgan fingerprint density at radius 2 is 2.12 bits per heavy atom. The summed E-state index contributed by atoms with van der Waals surface area (Å²) in [5.74, 6) is -0.848. The molecule has 2 aromatic heterocycles. The van der Waals surface area contributed by atoms with Gasteiger partial charge in [0.15, 0.2) is 11.2 Å². The van der Waals surface area contributed by atoms with Crippen molar-refractivity contribution in [2.45, 2.75) is 64.8 Å². The molecule has 10 heteroatoms.